The van der Waals surface area contributed by atoms with Crippen LogP contribution in [-0.2, 0) is 7.05 Å². The average Bonchev–Trinajstić information content (AvgIpc) is 3.33. The fourth-order valence-corrected chi connectivity index (χ4v) is 3.45. The summed E-state index contributed by atoms with van der Waals surface area (Å²) in [5, 5.41) is 8.30. The van der Waals surface area contributed by atoms with E-state index in [2.05, 4.69) is 70.2 Å². The third kappa shape index (κ3) is 2.92. The minimum Gasteiger partial charge on any atom is -0.324 e. The zero-order valence-corrected chi connectivity index (χ0v) is 14.9. The Hall–Kier alpha value is -3.21. The number of aromatic nitrogens is 5. The van der Waals surface area contributed by atoms with Crippen LogP contribution in [0.4, 0.5) is 0 Å². The van der Waals surface area contributed by atoms with Gasteiger partial charge in [-0.25, -0.2) is 4.98 Å². The zero-order chi connectivity index (χ0) is 17.9. The second kappa shape index (κ2) is 6.96. The van der Waals surface area contributed by atoms with Gasteiger partial charge < -0.3 is 9.13 Å². The normalized spacial score (nSPS) is 12.4. The van der Waals surface area contributed by atoms with Gasteiger partial charge in [-0.15, -0.1) is 10.2 Å². The molecule has 1 atom stereocenters. The minimum absolute atomic E-state index is 0.0370. The molecule has 0 aliphatic carbocycles. The van der Waals surface area contributed by atoms with E-state index in [1.54, 1.807) is 6.33 Å². The number of aryl methyl sites for hydroxylation is 1. The Balaban J connectivity index is 1.84. The summed E-state index contributed by atoms with van der Waals surface area (Å²) < 4.78 is 4.14. The SMILES string of the molecule is CC(c1nncn1C)n1ccnc1C(c1ccccc1)c1ccccc1. The van der Waals surface area contributed by atoms with Gasteiger partial charge in [-0.2, -0.15) is 0 Å². The second-order valence-corrected chi connectivity index (χ2v) is 6.42. The molecule has 0 aliphatic heterocycles. The summed E-state index contributed by atoms with van der Waals surface area (Å²) in [6, 6.07) is 21.0. The molecule has 2 aromatic heterocycles. The summed E-state index contributed by atoms with van der Waals surface area (Å²) in [5.41, 5.74) is 2.44. The highest BCUT2D eigenvalue weighted by atomic mass is 15.3. The predicted octanol–water partition coefficient (Wildman–Crippen LogP) is 3.80. The highest BCUT2D eigenvalue weighted by Gasteiger charge is 2.25. The van der Waals surface area contributed by atoms with Crippen molar-refractivity contribution in [2.45, 2.75) is 18.9 Å². The van der Waals surface area contributed by atoms with Crippen molar-refractivity contribution in [3.63, 3.8) is 0 Å². The van der Waals surface area contributed by atoms with Crippen LogP contribution in [0.5, 0.6) is 0 Å². The molecule has 0 spiro atoms. The van der Waals surface area contributed by atoms with Gasteiger partial charge in [0.2, 0.25) is 0 Å². The Morgan fingerprint density at radius 2 is 1.46 bits per heavy atom. The van der Waals surface area contributed by atoms with E-state index in [0.717, 1.165) is 11.6 Å². The fourth-order valence-electron chi connectivity index (χ4n) is 3.45. The number of hydrogen-bond acceptors (Lipinski definition) is 3. The molecule has 1 unspecified atom stereocenters. The molecule has 2 aromatic carbocycles. The molecular weight excluding hydrogens is 322 g/mol. The lowest BCUT2D eigenvalue weighted by atomic mass is 9.90. The summed E-state index contributed by atoms with van der Waals surface area (Å²) >= 11 is 0. The standard InChI is InChI=1S/C21H21N5/c1-16(20-24-23-15-25(20)2)26-14-13-22-21(26)19(17-9-5-3-6-10-17)18-11-7-4-8-12-18/h3-16,19H,1-2H3. The van der Waals surface area contributed by atoms with Crippen LogP contribution in [0.2, 0.25) is 0 Å². The lowest BCUT2D eigenvalue weighted by molar-refractivity contribution is 0.545. The van der Waals surface area contributed by atoms with Gasteiger partial charge in [-0.3, -0.25) is 0 Å². The Morgan fingerprint density at radius 3 is 2.00 bits per heavy atom. The monoisotopic (exact) mass is 343 g/mol. The molecule has 26 heavy (non-hydrogen) atoms. The fraction of sp³-hybridized carbons (Fsp3) is 0.190. The van der Waals surface area contributed by atoms with E-state index in [1.807, 2.05) is 36.1 Å². The maximum atomic E-state index is 4.74. The molecule has 0 saturated carbocycles. The summed E-state index contributed by atoms with van der Waals surface area (Å²) in [7, 11) is 1.97. The Bertz CT molecular complexity index is 932. The van der Waals surface area contributed by atoms with Crippen LogP contribution < -0.4 is 0 Å². The van der Waals surface area contributed by atoms with Crippen molar-refractivity contribution >= 4 is 0 Å². The van der Waals surface area contributed by atoms with Gasteiger partial charge in [0.1, 0.15) is 12.2 Å². The number of rotatable bonds is 5. The minimum atomic E-state index is 0.0370. The van der Waals surface area contributed by atoms with Crippen molar-refractivity contribution in [1.82, 2.24) is 24.3 Å². The van der Waals surface area contributed by atoms with Crippen molar-refractivity contribution in [1.29, 1.82) is 0 Å². The van der Waals surface area contributed by atoms with Crippen molar-refractivity contribution in [2.24, 2.45) is 7.05 Å². The Labute approximate surface area is 153 Å². The van der Waals surface area contributed by atoms with Crippen LogP contribution in [0.15, 0.2) is 79.4 Å². The molecule has 0 saturated heterocycles. The topological polar surface area (TPSA) is 48.5 Å². The van der Waals surface area contributed by atoms with Crippen molar-refractivity contribution in [3.8, 4) is 0 Å². The van der Waals surface area contributed by atoms with Crippen LogP contribution >= 0.6 is 0 Å². The zero-order valence-electron chi connectivity index (χ0n) is 14.9. The number of imidazole rings is 1. The maximum absolute atomic E-state index is 4.74. The molecular formula is C21H21N5. The lowest BCUT2D eigenvalue weighted by Gasteiger charge is -2.22. The van der Waals surface area contributed by atoms with E-state index in [1.165, 1.54) is 11.1 Å². The summed E-state index contributed by atoms with van der Waals surface area (Å²) in [5.74, 6) is 1.96. The van der Waals surface area contributed by atoms with Crippen LogP contribution in [0.25, 0.3) is 0 Å². The Kier molecular flexibility index (Phi) is 4.35. The molecule has 130 valence electrons. The van der Waals surface area contributed by atoms with Gasteiger partial charge in [-0.1, -0.05) is 60.7 Å². The van der Waals surface area contributed by atoms with E-state index < -0.39 is 0 Å². The van der Waals surface area contributed by atoms with Gasteiger partial charge in [0.15, 0.2) is 5.82 Å². The van der Waals surface area contributed by atoms with E-state index in [-0.39, 0.29) is 12.0 Å². The van der Waals surface area contributed by atoms with Crippen LogP contribution in [0.1, 0.15) is 41.7 Å². The summed E-state index contributed by atoms with van der Waals surface area (Å²) in [6.45, 7) is 2.13. The molecule has 0 aliphatic rings. The van der Waals surface area contributed by atoms with E-state index >= 15 is 0 Å². The van der Waals surface area contributed by atoms with Gasteiger partial charge >= 0.3 is 0 Å². The molecule has 0 radical (unpaired) electrons. The van der Waals surface area contributed by atoms with Crippen molar-refractivity contribution in [2.75, 3.05) is 0 Å². The summed E-state index contributed by atoms with van der Waals surface area (Å²) in [4.78, 5) is 4.74. The molecule has 0 N–H and O–H groups in total. The van der Waals surface area contributed by atoms with E-state index in [9.17, 15) is 0 Å². The number of benzene rings is 2. The van der Waals surface area contributed by atoms with Crippen LogP contribution in [0, 0.1) is 0 Å². The summed E-state index contributed by atoms with van der Waals surface area (Å²) in [6.07, 6.45) is 5.61. The highest BCUT2D eigenvalue weighted by Crippen LogP contribution is 2.32. The largest absolute Gasteiger partial charge is 0.324 e. The molecule has 0 bridgehead atoms. The molecule has 0 fully saturated rings. The first-order chi connectivity index (χ1) is 12.8. The van der Waals surface area contributed by atoms with Gasteiger partial charge in [0.05, 0.1) is 12.0 Å². The number of hydrogen-bond donors (Lipinski definition) is 0. The lowest BCUT2D eigenvalue weighted by Crippen LogP contribution is -2.17. The molecule has 5 nitrogen and oxygen atoms in total. The second-order valence-electron chi connectivity index (χ2n) is 6.42. The average molecular weight is 343 g/mol. The molecule has 5 heteroatoms. The van der Waals surface area contributed by atoms with E-state index in [4.69, 9.17) is 4.98 Å². The van der Waals surface area contributed by atoms with Gasteiger partial charge in [-0.05, 0) is 18.1 Å². The quantitative estimate of drug-likeness (QED) is 0.554. The third-order valence-electron chi connectivity index (χ3n) is 4.76. The molecule has 4 rings (SSSR count). The predicted molar refractivity (Wildman–Crippen MR) is 101 cm³/mol. The first-order valence-corrected chi connectivity index (χ1v) is 8.72. The van der Waals surface area contributed by atoms with Gasteiger partial charge in [0.25, 0.3) is 0 Å². The van der Waals surface area contributed by atoms with Crippen molar-refractivity contribution < 1.29 is 0 Å². The molecule has 2 heterocycles. The highest BCUT2D eigenvalue weighted by molar-refractivity contribution is 5.38. The van der Waals surface area contributed by atoms with Crippen molar-refractivity contribution in [3.05, 3.63) is 102 Å². The van der Waals surface area contributed by atoms with E-state index in [0.29, 0.717) is 0 Å². The molecule has 4 aromatic rings. The van der Waals surface area contributed by atoms with Gasteiger partial charge in [0, 0.05) is 19.4 Å². The number of nitrogens with zero attached hydrogens (tertiary/aromatic N) is 5. The third-order valence-corrected chi connectivity index (χ3v) is 4.76. The first-order valence-electron chi connectivity index (χ1n) is 8.72. The smallest absolute Gasteiger partial charge is 0.155 e. The molecule has 0 amide bonds. The first kappa shape index (κ1) is 16.3. The van der Waals surface area contributed by atoms with Crippen LogP contribution in [-0.4, -0.2) is 24.3 Å². The Morgan fingerprint density at radius 1 is 0.846 bits per heavy atom. The maximum Gasteiger partial charge on any atom is 0.155 e. The van der Waals surface area contributed by atoms with Crippen LogP contribution in [0.3, 0.4) is 0 Å².